The number of halogens is 2. The largest absolute Gasteiger partial charge is 0.272 e. The minimum atomic E-state index is -0.408. The molecule has 96 valence electrons. The molecule has 0 aliphatic carbocycles. The topological polar surface area (TPSA) is 54.4 Å². The molecule has 1 amide bonds. The average molecular weight is 294 g/mol. The number of hydrogen-bond donors (Lipinski definition) is 1. The van der Waals surface area contributed by atoms with Gasteiger partial charge in [-0.1, -0.05) is 29.3 Å². The molecule has 0 aliphatic heterocycles. The Kier molecular flexibility index (Phi) is 4.49. The number of pyridine rings is 1. The maximum absolute atomic E-state index is 11.8. The number of amides is 1. The number of hydrogen-bond acceptors (Lipinski definition) is 3. The molecule has 0 saturated heterocycles. The van der Waals surface area contributed by atoms with E-state index in [4.69, 9.17) is 23.2 Å². The molecule has 19 heavy (non-hydrogen) atoms. The third-order valence-electron chi connectivity index (χ3n) is 2.23. The Morgan fingerprint density at radius 2 is 2.11 bits per heavy atom. The molecule has 4 nitrogen and oxygen atoms in total. The lowest BCUT2D eigenvalue weighted by molar-refractivity contribution is 0.0955. The minimum absolute atomic E-state index is 0.276. The van der Waals surface area contributed by atoms with Gasteiger partial charge in [0.1, 0.15) is 0 Å². The fraction of sp³-hybridized carbons (Fsp3) is 0. The maximum atomic E-state index is 11.8. The summed E-state index contributed by atoms with van der Waals surface area (Å²) in [4.78, 5) is 15.8. The molecule has 2 aromatic rings. The first-order chi connectivity index (χ1) is 9.16. The van der Waals surface area contributed by atoms with Gasteiger partial charge < -0.3 is 0 Å². The first-order valence-corrected chi connectivity index (χ1v) is 6.12. The van der Waals surface area contributed by atoms with Crippen LogP contribution in [0.4, 0.5) is 0 Å². The van der Waals surface area contributed by atoms with Crippen molar-refractivity contribution in [2.75, 3.05) is 0 Å². The Balaban J connectivity index is 2.04. The van der Waals surface area contributed by atoms with Crippen LogP contribution in [-0.2, 0) is 0 Å². The van der Waals surface area contributed by atoms with E-state index in [1.54, 1.807) is 24.4 Å². The molecule has 0 atom stereocenters. The lowest BCUT2D eigenvalue weighted by Crippen LogP contribution is -2.18. The summed E-state index contributed by atoms with van der Waals surface area (Å²) in [5, 5.41) is 4.55. The summed E-state index contributed by atoms with van der Waals surface area (Å²) in [6.07, 6.45) is 3.08. The Morgan fingerprint density at radius 3 is 2.79 bits per heavy atom. The molecule has 1 aromatic carbocycles. The number of carbonyl (C=O) groups excluding carboxylic acids is 1. The molecule has 0 aliphatic rings. The number of hydrazone groups is 1. The standard InChI is InChI=1S/C13H9Cl2N3O/c14-9-4-5-11(12(15)7-9)13(19)18-17-8-10-3-1-2-6-16-10/h1-8H,(H,18,19). The average Bonchev–Trinajstić information content (AvgIpc) is 2.39. The molecule has 0 spiro atoms. The summed E-state index contributed by atoms with van der Waals surface area (Å²) in [5.41, 5.74) is 3.32. The van der Waals surface area contributed by atoms with Crippen molar-refractivity contribution in [2.45, 2.75) is 0 Å². The third-order valence-corrected chi connectivity index (χ3v) is 2.77. The molecule has 0 unspecified atom stereocenters. The van der Waals surface area contributed by atoms with Gasteiger partial charge in [-0.05, 0) is 30.3 Å². The van der Waals surface area contributed by atoms with Gasteiger partial charge >= 0.3 is 0 Å². The summed E-state index contributed by atoms with van der Waals surface area (Å²) >= 11 is 11.7. The molecule has 0 saturated carbocycles. The molecule has 0 radical (unpaired) electrons. The molecule has 1 aromatic heterocycles. The van der Waals surface area contributed by atoms with Crippen LogP contribution in [0.15, 0.2) is 47.7 Å². The van der Waals surface area contributed by atoms with Crippen molar-refractivity contribution in [3.63, 3.8) is 0 Å². The van der Waals surface area contributed by atoms with Crippen LogP contribution in [0.25, 0.3) is 0 Å². The first-order valence-electron chi connectivity index (χ1n) is 5.36. The minimum Gasteiger partial charge on any atom is -0.267 e. The van der Waals surface area contributed by atoms with Crippen molar-refractivity contribution < 1.29 is 4.79 Å². The van der Waals surface area contributed by atoms with E-state index < -0.39 is 5.91 Å². The van der Waals surface area contributed by atoms with Crippen LogP contribution >= 0.6 is 23.2 Å². The smallest absolute Gasteiger partial charge is 0.267 e. The molecule has 6 heteroatoms. The summed E-state index contributed by atoms with van der Waals surface area (Å²) < 4.78 is 0. The van der Waals surface area contributed by atoms with Crippen LogP contribution in [0.5, 0.6) is 0 Å². The van der Waals surface area contributed by atoms with E-state index in [1.165, 1.54) is 18.3 Å². The van der Waals surface area contributed by atoms with Gasteiger partial charge in [-0.15, -0.1) is 0 Å². The Bertz CT molecular complexity index is 615. The van der Waals surface area contributed by atoms with Crippen molar-refractivity contribution in [1.29, 1.82) is 0 Å². The second kappa shape index (κ2) is 6.31. The van der Waals surface area contributed by atoms with Crippen molar-refractivity contribution in [3.05, 3.63) is 63.9 Å². The van der Waals surface area contributed by atoms with Gasteiger partial charge in [-0.25, -0.2) is 5.43 Å². The van der Waals surface area contributed by atoms with Crippen molar-refractivity contribution in [2.24, 2.45) is 5.10 Å². The van der Waals surface area contributed by atoms with Crippen molar-refractivity contribution in [1.82, 2.24) is 10.4 Å². The highest BCUT2D eigenvalue weighted by Crippen LogP contribution is 2.20. The number of nitrogens with zero attached hydrogens (tertiary/aromatic N) is 2. The molecule has 1 heterocycles. The van der Waals surface area contributed by atoms with Crippen LogP contribution in [0.1, 0.15) is 16.1 Å². The van der Waals surface area contributed by atoms with E-state index in [-0.39, 0.29) is 5.02 Å². The summed E-state index contributed by atoms with van der Waals surface area (Å²) in [6, 6.07) is 10.0. The van der Waals surface area contributed by atoms with Crippen LogP contribution in [0.2, 0.25) is 10.0 Å². The maximum Gasteiger partial charge on any atom is 0.272 e. The van der Waals surface area contributed by atoms with Gasteiger partial charge in [0.2, 0.25) is 0 Å². The van der Waals surface area contributed by atoms with Crippen molar-refractivity contribution >= 4 is 35.3 Å². The predicted octanol–water partition coefficient (Wildman–Crippen LogP) is 3.15. The Labute approximate surface area is 120 Å². The fourth-order valence-corrected chi connectivity index (χ4v) is 1.84. The van der Waals surface area contributed by atoms with Gasteiger partial charge in [-0.2, -0.15) is 5.10 Å². The van der Waals surface area contributed by atoms with E-state index in [2.05, 4.69) is 15.5 Å². The van der Waals surface area contributed by atoms with E-state index in [0.717, 1.165) is 0 Å². The first kappa shape index (κ1) is 13.5. The highest BCUT2D eigenvalue weighted by atomic mass is 35.5. The van der Waals surface area contributed by atoms with Gasteiger partial charge in [-0.3, -0.25) is 9.78 Å². The van der Waals surface area contributed by atoms with E-state index in [0.29, 0.717) is 16.3 Å². The van der Waals surface area contributed by atoms with Gasteiger partial charge in [0, 0.05) is 11.2 Å². The van der Waals surface area contributed by atoms with Gasteiger partial charge in [0.15, 0.2) is 0 Å². The lowest BCUT2D eigenvalue weighted by Gasteiger charge is -2.02. The second-order valence-corrected chi connectivity index (χ2v) is 4.42. The zero-order chi connectivity index (χ0) is 13.7. The van der Waals surface area contributed by atoms with E-state index in [9.17, 15) is 4.79 Å². The lowest BCUT2D eigenvalue weighted by atomic mass is 10.2. The number of benzene rings is 1. The molecule has 1 N–H and O–H groups in total. The van der Waals surface area contributed by atoms with Crippen LogP contribution < -0.4 is 5.43 Å². The third kappa shape index (κ3) is 3.77. The van der Waals surface area contributed by atoms with E-state index in [1.807, 2.05) is 6.07 Å². The summed E-state index contributed by atoms with van der Waals surface area (Å²) in [6.45, 7) is 0. The molecule has 0 fully saturated rings. The number of nitrogens with one attached hydrogen (secondary N) is 1. The predicted molar refractivity (Wildman–Crippen MR) is 75.8 cm³/mol. The zero-order valence-electron chi connectivity index (χ0n) is 9.68. The highest BCUT2D eigenvalue weighted by molar-refractivity contribution is 6.36. The van der Waals surface area contributed by atoms with Crippen molar-refractivity contribution in [3.8, 4) is 0 Å². The zero-order valence-corrected chi connectivity index (χ0v) is 11.2. The molecular formula is C13H9Cl2N3O. The fourth-order valence-electron chi connectivity index (χ4n) is 1.34. The molecular weight excluding hydrogens is 285 g/mol. The van der Waals surface area contributed by atoms with Gasteiger partial charge in [0.05, 0.1) is 22.5 Å². The number of carbonyl (C=O) groups is 1. The van der Waals surface area contributed by atoms with Crippen LogP contribution in [0, 0.1) is 0 Å². The number of rotatable bonds is 3. The molecule has 2 rings (SSSR count). The van der Waals surface area contributed by atoms with Gasteiger partial charge in [0.25, 0.3) is 5.91 Å². The number of aromatic nitrogens is 1. The Hall–Kier alpha value is -1.91. The Morgan fingerprint density at radius 1 is 1.26 bits per heavy atom. The summed E-state index contributed by atoms with van der Waals surface area (Å²) in [5.74, 6) is -0.408. The highest BCUT2D eigenvalue weighted by Gasteiger charge is 2.09. The monoisotopic (exact) mass is 293 g/mol. The van der Waals surface area contributed by atoms with Crippen LogP contribution in [0.3, 0.4) is 0 Å². The molecule has 0 bridgehead atoms. The normalized spacial score (nSPS) is 10.6. The quantitative estimate of drug-likeness (QED) is 0.698. The second-order valence-electron chi connectivity index (χ2n) is 3.58. The summed E-state index contributed by atoms with van der Waals surface area (Å²) in [7, 11) is 0. The van der Waals surface area contributed by atoms with E-state index >= 15 is 0 Å². The van der Waals surface area contributed by atoms with Crippen LogP contribution in [-0.4, -0.2) is 17.1 Å². The SMILES string of the molecule is O=C(NN=Cc1ccccn1)c1ccc(Cl)cc1Cl.